The van der Waals surface area contributed by atoms with Crippen molar-refractivity contribution in [2.24, 2.45) is 7.05 Å². The molecule has 15 heteroatoms. The molecule has 10 nitrogen and oxygen atoms in total. The predicted molar refractivity (Wildman–Crippen MR) is 142 cm³/mol. The monoisotopic (exact) mass is 591 g/mol. The molecule has 2 amide bonds. The Kier molecular flexibility index (Phi) is 7.35. The Morgan fingerprint density at radius 1 is 1.12 bits per heavy atom. The first-order valence-corrected chi connectivity index (χ1v) is 13.5. The number of carbonyl (C=O) groups excluding carboxylic acids is 2. The van der Waals surface area contributed by atoms with Crippen molar-refractivity contribution in [3.8, 4) is 10.6 Å². The zero-order valence-electron chi connectivity index (χ0n) is 20.6. The number of halogens is 3. The van der Waals surface area contributed by atoms with Crippen LogP contribution >= 0.6 is 11.3 Å². The molecule has 3 heterocycles. The molecular formula is C25H20F3N5O5S2. The van der Waals surface area contributed by atoms with Crippen molar-refractivity contribution in [3.05, 3.63) is 83.6 Å². The van der Waals surface area contributed by atoms with Crippen molar-refractivity contribution in [1.82, 2.24) is 15.3 Å². The normalized spacial score (nSPS) is 13.6. The van der Waals surface area contributed by atoms with E-state index in [1.165, 1.54) is 30.1 Å². The second kappa shape index (κ2) is 10.7. The van der Waals surface area contributed by atoms with Crippen molar-refractivity contribution in [2.75, 3.05) is 15.7 Å². The second-order valence-electron chi connectivity index (χ2n) is 8.58. The first kappa shape index (κ1) is 27.4. The fourth-order valence-corrected chi connectivity index (χ4v) is 5.98. The summed E-state index contributed by atoms with van der Waals surface area (Å²) < 4.78 is 64.0. The average Bonchev–Trinajstić information content (AvgIpc) is 3.65. The molecule has 2 aromatic heterocycles. The van der Waals surface area contributed by atoms with E-state index < -0.39 is 35.1 Å². The Hall–Kier alpha value is -4.21. The first-order chi connectivity index (χ1) is 19.0. The highest BCUT2D eigenvalue weighted by Crippen LogP contribution is 2.41. The molecule has 0 saturated heterocycles. The highest BCUT2D eigenvalue weighted by Gasteiger charge is 2.35. The number of amides is 2. The van der Waals surface area contributed by atoms with Gasteiger partial charge in [0, 0.05) is 19.2 Å². The predicted octanol–water partition coefficient (Wildman–Crippen LogP) is 5.29. The van der Waals surface area contributed by atoms with Crippen LogP contribution in [0.5, 0.6) is 0 Å². The second-order valence-corrected chi connectivity index (χ2v) is 10.5. The van der Waals surface area contributed by atoms with Gasteiger partial charge in [-0.25, -0.2) is 13.3 Å². The van der Waals surface area contributed by atoms with Crippen molar-refractivity contribution in [1.29, 1.82) is 0 Å². The lowest BCUT2D eigenvalue weighted by molar-refractivity contribution is -0.141. The number of carbonyl (C=O) groups is 2. The summed E-state index contributed by atoms with van der Waals surface area (Å²) >= 11 is -1.57. The van der Waals surface area contributed by atoms with E-state index in [0.717, 1.165) is 32.0 Å². The quantitative estimate of drug-likeness (QED) is 0.241. The van der Waals surface area contributed by atoms with Crippen LogP contribution in [0.1, 0.15) is 21.6 Å². The lowest BCUT2D eigenvalue weighted by atomic mass is 10.1. The highest BCUT2D eigenvalue weighted by atomic mass is 32.2. The van der Waals surface area contributed by atoms with Gasteiger partial charge in [-0.3, -0.25) is 18.9 Å². The third kappa shape index (κ3) is 5.43. The number of alkyl halides is 3. The molecule has 0 bridgehead atoms. The Morgan fingerprint density at radius 3 is 2.55 bits per heavy atom. The van der Waals surface area contributed by atoms with Gasteiger partial charge in [-0.1, -0.05) is 24.3 Å². The molecule has 2 N–H and O–H groups in total. The fourth-order valence-electron chi connectivity index (χ4n) is 4.18. The van der Waals surface area contributed by atoms with Crippen molar-refractivity contribution >= 4 is 51.0 Å². The topological polar surface area (TPSA) is 117 Å². The number of nitrogens with one attached hydrogen (secondary N) is 1. The summed E-state index contributed by atoms with van der Waals surface area (Å²) in [4.78, 5) is 31.7. The van der Waals surface area contributed by atoms with Gasteiger partial charge in [-0.2, -0.15) is 23.8 Å². The Balaban J connectivity index is 1.37. The number of rotatable bonds is 5. The standard InChI is InChI=1S/C25H20F3N5O5S2/c1-31-19(14-21(29-31)25(26,27)28)20-9-10-22(39-20)33(40(36)37)17-8-7-15-11-12-32(18(15)13-17)24(35)38-30-23(34)16-5-3-2-4-6-16/h2-10,13-14H,11-12H2,1H3,(H,30,34)(H,36,37). The van der Waals surface area contributed by atoms with Crippen molar-refractivity contribution < 1.29 is 36.4 Å². The lowest BCUT2D eigenvalue weighted by Crippen LogP contribution is -2.36. The number of thiophene rings is 1. The zero-order chi connectivity index (χ0) is 28.6. The molecule has 4 aromatic rings. The van der Waals surface area contributed by atoms with Gasteiger partial charge in [0.25, 0.3) is 17.2 Å². The molecule has 2 aromatic carbocycles. The maximum Gasteiger partial charge on any atom is 0.438 e. The van der Waals surface area contributed by atoms with Crippen LogP contribution in [0.15, 0.2) is 66.7 Å². The summed E-state index contributed by atoms with van der Waals surface area (Å²) in [6.07, 6.45) is -4.96. The number of hydroxylamine groups is 1. The number of aryl methyl sites for hydroxylation is 1. The largest absolute Gasteiger partial charge is 0.438 e. The molecule has 0 saturated carbocycles. The maximum atomic E-state index is 13.1. The Labute approximate surface area is 232 Å². The van der Waals surface area contributed by atoms with E-state index in [-0.39, 0.29) is 22.9 Å². The summed E-state index contributed by atoms with van der Waals surface area (Å²) in [5, 5.41) is 3.78. The van der Waals surface area contributed by atoms with Gasteiger partial charge >= 0.3 is 12.3 Å². The number of benzene rings is 2. The molecule has 0 aliphatic carbocycles. The number of anilines is 3. The highest BCUT2D eigenvalue weighted by molar-refractivity contribution is 7.81. The Morgan fingerprint density at radius 2 is 1.88 bits per heavy atom. The fraction of sp³-hybridized carbons (Fsp3) is 0.160. The van der Waals surface area contributed by atoms with Crippen LogP contribution in [0.2, 0.25) is 0 Å². The van der Waals surface area contributed by atoms with E-state index in [9.17, 15) is 31.5 Å². The third-order valence-electron chi connectivity index (χ3n) is 6.06. The van der Waals surface area contributed by atoms with E-state index in [1.807, 2.05) is 0 Å². The minimum absolute atomic E-state index is 0.188. The van der Waals surface area contributed by atoms with Gasteiger partial charge in [-0.05, 0) is 54.4 Å². The van der Waals surface area contributed by atoms with E-state index in [2.05, 4.69) is 10.6 Å². The molecule has 40 heavy (non-hydrogen) atoms. The SMILES string of the molecule is Cn1nc(C(F)(F)F)cc1-c1ccc(N(c2ccc3c(c2)N(C(=O)ONC(=O)c2ccccc2)CC3)S(=O)O)s1. The molecule has 0 spiro atoms. The van der Waals surface area contributed by atoms with Crippen LogP contribution in [-0.4, -0.2) is 37.1 Å². The summed E-state index contributed by atoms with van der Waals surface area (Å²) in [6, 6.07) is 17.0. The first-order valence-electron chi connectivity index (χ1n) is 11.6. The van der Waals surface area contributed by atoms with E-state index >= 15 is 0 Å². The molecule has 1 unspecified atom stereocenters. The van der Waals surface area contributed by atoms with Gasteiger partial charge in [-0.15, -0.1) is 11.3 Å². The van der Waals surface area contributed by atoms with Crippen molar-refractivity contribution in [3.63, 3.8) is 0 Å². The van der Waals surface area contributed by atoms with Crippen LogP contribution in [-0.2, 0) is 35.7 Å². The summed E-state index contributed by atoms with van der Waals surface area (Å²) in [7, 11) is 1.38. The van der Waals surface area contributed by atoms with Crippen molar-refractivity contribution in [2.45, 2.75) is 12.6 Å². The maximum absolute atomic E-state index is 13.1. The summed E-state index contributed by atoms with van der Waals surface area (Å²) in [5.41, 5.74) is 3.01. The van der Waals surface area contributed by atoms with Crippen LogP contribution in [0.25, 0.3) is 10.6 Å². The third-order valence-corrected chi connectivity index (χ3v) is 7.99. The minimum Gasteiger partial charge on any atom is -0.321 e. The van der Waals surface area contributed by atoms with Gasteiger partial charge in [0.2, 0.25) is 0 Å². The number of fused-ring (bicyclic) bond motifs is 1. The molecule has 0 fully saturated rings. The van der Waals surface area contributed by atoms with Gasteiger partial charge in [0.05, 0.1) is 21.9 Å². The number of aromatic nitrogens is 2. The molecule has 1 aliphatic rings. The van der Waals surface area contributed by atoms with E-state index in [0.29, 0.717) is 22.5 Å². The number of nitrogens with zero attached hydrogens (tertiary/aromatic N) is 4. The zero-order valence-corrected chi connectivity index (χ0v) is 22.2. The minimum atomic E-state index is -4.61. The molecular weight excluding hydrogens is 571 g/mol. The van der Waals surface area contributed by atoms with Gasteiger partial charge < -0.3 is 4.84 Å². The molecule has 208 valence electrons. The van der Waals surface area contributed by atoms with Crippen LogP contribution in [0.3, 0.4) is 0 Å². The molecule has 1 atom stereocenters. The van der Waals surface area contributed by atoms with E-state index in [1.54, 1.807) is 42.5 Å². The number of hydrogen-bond acceptors (Lipinski definition) is 6. The van der Waals surface area contributed by atoms with Crippen LogP contribution in [0, 0.1) is 0 Å². The van der Waals surface area contributed by atoms with Crippen LogP contribution in [0.4, 0.5) is 34.3 Å². The van der Waals surface area contributed by atoms with Crippen LogP contribution < -0.4 is 14.7 Å². The smallest absolute Gasteiger partial charge is 0.321 e. The summed E-state index contributed by atoms with van der Waals surface area (Å²) in [5.74, 6) is -0.603. The summed E-state index contributed by atoms with van der Waals surface area (Å²) in [6.45, 7) is 0.256. The number of hydrogen-bond donors (Lipinski definition) is 2. The van der Waals surface area contributed by atoms with Gasteiger partial charge in [0.15, 0.2) is 5.69 Å². The molecule has 5 rings (SSSR count). The average molecular weight is 592 g/mol. The van der Waals surface area contributed by atoms with E-state index in [4.69, 9.17) is 4.84 Å². The lowest BCUT2D eigenvalue weighted by Gasteiger charge is -2.21. The molecule has 0 radical (unpaired) electrons. The Bertz CT molecular complexity index is 1610. The molecule has 1 aliphatic heterocycles. The van der Waals surface area contributed by atoms with Gasteiger partial charge in [0.1, 0.15) is 5.00 Å².